The lowest BCUT2D eigenvalue weighted by Crippen LogP contribution is -2.18. The lowest BCUT2D eigenvalue weighted by atomic mass is 9.95. The molecule has 0 aliphatic rings. The van der Waals surface area contributed by atoms with Crippen molar-refractivity contribution in [2.75, 3.05) is 4.72 Å². The van der Waals surface area contributed by atoms with E-state index >= 15 is 0 Å². The maximum Gasteiger partial charge on any atom is 0.262 e. The zero-order valence-corrected chi connectivity index (χ0v) is 20.5. The number of hydrogen-bond donors (Lipinski definition) is 1. The largest absolute Gasteiger partial charge is 0.276 e. The fourth-order valence-corrected chi connectivity index (χ4v) is 5.77. The molecule has 0 spiro atoms. The van der Waals surface area contributed by atoms with E-state index in [0.717, 1.165) is 21.4 Å². The van der Waals surface area contributed by atoms with Gasteiger partial charge in [0.25, 0.3) is 10.0 Å². The molecule has 0 amide bonds. The highest BCUT2D eigenvalue weighted by molar-refractivity contribution is 7.92. The third-order valence-electron chi connectivity index (χ3n) is 6.43. The zero-order chi connectivity index (χ0) is 25.9. The van der Waals surface area contributed by atoms with Crippen molar-refractivity contribution in [3.05, 3.63) is 73.9 Å². The molecule has 0 fully saturated rings. The van der Waals surface area contributed by atoms with Gasteiger partial charge in [-0.15, -0.1) is 0 Å². The number of anilines is 1. The molecular weight excluding hydrogens is 477 g/mol. The Kier molecular flexibility index (Phi) is 6.55. The molecule has 0 aliphatic heterocycles. The van der Waals surface area contributed by atoms with Crippen LogP contribution in [0.5, 0.6) is 0 Å². The summed E-state index contributed by atoms with van der Waals surface area (Å²) in [6, 6.07) is 0. The molecule has 0 aliphatic carbocycles. The van der Waals surface area contributed by atoms with Gasteiger partial charge in [0.15, 0.2) is 23.3 Å². The van der Waals surface area contributed by atoms with Crippen molar-refractivity contribution in [2.24, 2.45) is 0 Å². The molecule has 0 saturated carbocycles. The van der Waals surface area contributed by atoms with Gasteiger partial charge >= 0.3 is 0 Å². The average Bonchev–Trinajstić information content (AvgIpc) is 3.03. The topological polar surface area (TPSA) is 64.0 Å². The van der Waals surface area contributed by atoms with E-state index in [9.17, 15) is 30.4 Å². The van der Waals surface area contributed by atoms with E-state index in [0.29, 0.717) is 11.1 Å². The Bertz CT molecular complexity index is 1390. The van der Waals surface area contributed by atoms with Gasteiger partial charge in [0.1, 0.15) is 0 Å². The number of halogens is 5. The molecule has 11 heteroatoms. The Morgan fingerprint density at radius 2 is 1.12 bits per heavy atom. The second-order valence-corrected chi connectivity index (χ2v) is 9.93. The maximum atomic E-state index is 14.1. The van der Waals surface area contributed by atoms with Gasteiger partial charge in [-0.2, -0.15) is 5.10 Å². The van der Waals surface area contributed by atoms with Gasteiger partial charge in [-0.3, -0.25) is 9.40 Å². The van der Waals surface area contributed by atoms with Gasteiger partial charge in [-0.25, -0.2) is 30.4 Å². The molecule has 0 atom stereocenters. The smallest absolute Gasteiger partial charge is 0.262 e. The second-order valence-electron chi connectivity index (χ2n) is 8.31. The molecule has 0 saturated heterocycles. The second kappa shape index (κ2) is 8.68. The third kappa shape index (κ3) is 3.95. The summed E-state index contributed by atoms with van der Waals surface area (Å²) in [6.45, 7) is 11.1. The number of benzene rings is 2. The van der Waals surface area contributed by atoms with Gasteiger partial charge < -0.3 is 0 Å². The van der Waals surface area contributed by atoms with Crippen LogP contribution in [0.3, 0.4) is 0 Å². The lowest BCUT2D eigenvalue weighted by Gasteiger charge is -2.19. The van der Waals surface area contributed by atoms with Crippen molar-refractivity contribution in [3.63, 3.8) is 0 Å². The first kappa shape index (κ1) is 25.7. The molecule has 5 nitrogen and oxygen atoms in total. The molecule has 1 heterocycles. The number of nitrogens with one attached hydrogen (secondary N) is 1. The van der Waals surface area contributed by atoms with Gasteiger partial charge in [-0.1, -0.05) is 0 Å². The maximum absolute atomic E-state index is 14.1. The summed E-state index contributed by atoms with van der Waals surface area (Å²) in [4.78, 5) is 0.111. The van der Waals surface area contributed by atoms with E-state index in [4.69, 9.17) is 0 Å². The van der Waals surface area contributed by atoms with E-state index < -0.39 is 51.2 Å². The molecule has 2 aromatic carbocycles. The van der Waals surface area contributed by atoms with E-state index in [2.05, 4.69) is 9.82 Å². The highest BCUT2D eigenvalue weighted by Crippen LogP contribution is 2.32. The molecule has 184 valence electrons. The van der Waals surface area contributed by atoms with Gasteiger partial charge in [0, 0.05) is 0 Å². The van der Waals surface area contributed by atoms with Crippen LogP contribution in [0.4, 0.5) is 27.6 Å². The molecule has 34 heavy (non-hydrogen) atoms. The monoisotopic (exact) mass is 501 g/mol. The summed E-state index contributed by atoms with van der Waals surface area (Å²) in [6.07, 6.45) is 0. The summed E-state index contributed by atoms with van der Waals surface area (Å²) in [5.74, 6) is -10.3. The Labute approximate surface area is 194 Å². The summed E-state index contributed by atoms with van der Waals surface area (Å²) >= 11 is 0. The number of aromatic nitrogens is 2. The Balaban J connectivity index is 2.08. The first-order valence-corrected chi connectivity index (χ1v) is 11.7. The minimum absolute atomic E-state index is 0.0542. The number of hydrogen-bond acceptors (Lipinski definition) is 3. The quantitative estimate of drug-likeness (QED) is 0.282. The van der Waals surface area contributed by atoms with E-state index in [-0.39, 0.29) is 22.0 Å². The molecule has 3 aromatic rings. The zero-order valence-electron chi connectivity index (χ0n) is 19.7. The number of nitrogens with zero attached hydrogens (tertiary/aromatic N) is 2. The number of aryl methyl sites for hydroxylation is 1. The van der Waals surface area contributed by atoms with Crippen LogP contribution in [0.1, 0.15) is 44.8 Å². The van der Waals surface area contributed by atoms with Crippen LogP contribution in [0.15, 0.2) is 4.90 Å². The van der Waals surface area contributed by atoms with Gasteiger partial charge in [0.2, 0.25) is 5.82 Å². The molecule has 1 aromatic heterocycles. The van der Waals surface area contributed by atoms with Crippen LogP contribution in [0.25, 0.3) is 0 Å². The van der Waals surface area contributed by atoms with Crippen LogP contribution in [0.2, 0.25) is 0 Å². The van der Waals surface area contributed by atoms with E-state index in [1.165, 1.54) is 13.8 Å². The predicted octanol–water partition coefficient (Wildman–Crippen LogP) is 5.59. The van der Waals surface area contributed by atoms with Gasteiger partial charge in [-0.05, 0) is 76.3 Å². The predicted molar refractivity (Wildman–Crippen MR) is 118 cm³/mol. The third-order valence-corrected chi connectivity index (χ3v) is 8.05. The Hall–Kier alpha value is -2.95. The fraction of sp³-hybridized carbons (Fsp3) is 0.348. The Morgan fingerprint density at radius 3 is 1.59 bits per heavy atom. The lowest BCUT2D eigenvalue weighted by molar-refractivity contribution is 0.366. The highest BCUT2D eigenvalue weighted by atomic mass is 32.2. The molecule has 1 N–H and O–H groups in total. The van der Waals surface area contributed by atoms with Crippen LogP contribution >= 0.6 is 0 Å². The van der Waals surface area contributed by atoms with Gasteiger partial charge in [0.05, 0.1) is 34.1 Å². The molecule has 3 rings (SSSR count). The standard InChI is InChI=1S/C23H24F5N3O2S/c1-9-10(2)12(4)23(13(5)11(9)3)34(32,33)30-22-14(6)29-31(15(22)7)8-16-17(24)19(26)21(28)20(27)18(16)25/h30H,8H2,1-7H3. The number of rotatable bonds is 5. The van der Waals surface area contributed by atoms with Crippen molar-refractivity contribution in [3.8, 4) is 0 Å². The van der Waals surface area contributed by atoms with Crippen molar-refractivity contribution in [2.45, 2.75) is 59.9 Å². The summed E-state index contributed by atoms with van der Waals surface area (Å²) in [5.41, 5.74) is 3.09. The average molecular weight is 502 g/mol. The number of sulfonamides is 1. The molecule has 0 radical (unpaired) electrons. The highest BCUT2D eigenvalue weighted by Gasteiger charge is 2.29. The van der Waals surface area contributed by atoms with E-state index in [1.54, 1.807) is 13.8 Å². The summed E-state index contributed by atoms with van der Waals surface area (Å²) in [5, 5.41) is 4.06. The molecular formula is C23H24F5N3O2S. The van der Waals surface area contributed by atoms with Crippen LogP contribution in [-0.4, -0.2) is 18.2 Å². The summed E-state index contributed by atoms with van der Waals surface area (Å²) < 4.78 is 99.0. The Morgan fingerprint density at radius 1 is 0.706 bits per heavy atom. The van der Waals surface area contributed by atoms with Crippen molar-refractivity contribution >= 4 is 15.7 Å². The minimum atomic E-state index is -4.10. The van der Waals surface area contributed by atoms with Crippen LogP contribution < -0.4 is 4.72 Å². The minimum Gasteiger partial charge on any atom is -0.276 e. The molecule has 0 unspecified atom stereocenters. The first-order chi connectivity index (χ1) is 15.6. The first-order valence-electron chi connectivity index (χ1n) is 10.3. The SMILES string of the molecule is Cc1nn(Cc2c(F)c(F)c(F)c(F)c2F)c(C)c1NS(=O)(=O)c1c(C)c(C)c(C)c(C)c1C. The van der Waals surface area contributed by atoms with Crippen molar-refractivity contribution in [1.82, 2.24) is 9.78 Å². The fourth-order valence-electron chi connectivity index (χ4n) is 3.99. The molecule has 0 bridgehead atoms. The normalized spacial score (nSPS) is 11.9. The van der Waals surface area contributed by atoms with E-state index in [1.807, 2.05) is 20.8 Å². The van der Waals surface area contributed by atoms with Crippen LogP contribution in [-0.2, 0) is 16.6 Å². The van der Waals surface area contributed by atoms with Crippen molar-refractivity contribution in [1.29, 1.82) is 0 Å². The van der Waals surface area contributed by atoms with Crippen LogP contribution in [0, 0.1) is 77.6 Å². The van der Waals surface area contributed by atoms with Crippen molar-refractivity contribution < 1.29 is 30.4 Å². The summed E-state index contributed by atoms with van der Waals surface area (Å²) in [7, 11) is -4.10.